The number of aryl methyl sites for hydroxylation is 1. The highest BCUT2D eigenvalue weighted by Gasteiger charge is 2.31. The number of carbonyl (C=O) groups excluding carboxylic acids is 2. The molecule has 1 aromatic carbocycles. The van der Waals surface area contributed by atoms with Crippen LogP contribution in [-0.2, 0) is 6.42 Å². The lowest BCUT2D eigenvalue weighted by Crippen LogP contribution is -2.48. The van der Waals surface area contributed by atoms with Crippen LogP contribution in [0.3, 0.4) is 0 Å². The molecule has 0 spiro atoms. The molecule has 2 aliphatic rings. The number of hydrogen-bond donors (Lipinski definition) is 1. The van der Waals surface area contributed by atoms with Crippen molar-refractivity contribution in [3.8, 4) is 0 Å². The topological polar surface area (TPSA) is 91.0 Å². The maximum atomic E-state index is 13.3. The number of anilines is 1. The molecule has 1 saturated heterocycles. The molecule has 5 rings (SSSR count). The van der Waals surface area contributed by atoms with E-state index in [1.54, 1.807) is 18.3 Å². The van der Waals surface area contributed by atoms with Crippen molar-refractivity contribution in [3.05, 3.63) is 83.1 Å². The summed E-state index contributed by atoms with van der Waals surface area (Å²) < 4.78 is 6.08. The van der Waals surface area contributed by atoms with Crippen LogP contribution in [0.1, 0.15) is 50.6 Å². The normalized spacial score (nSPS) is 16.9. The molecular formula is C26H27N5O3. The summed E-state index contributed by atoms with van der Waals surface area (Å²) in [4.78, 5) is 33.8. The summed E-state index contributed by atoms with van der Waals surface area (Å²) in [5.74, 6) is 0.746. The Morgan fingerprint density at radius 2 is 1.82 bits per heavy atom. The van der Waals surface area contributed by atoms with Crippen LogP contribution >= 0.6 is 0 Å². The average Bonchev–Trinajstić information content (AvgIpc) is 3.25. The first kappa shape index (κ1) is 21.9. The molecule has 174 valence electrons. The molecule has 0 saturated carbocycles. The minimum absolute atomic E-state index is 0.0849. The Balaban J connectivity index is 1.31. The van der Waals surface area contributed by atoms with Crippen LogP contribution in [0.5, 0.6) is 0 Å². The predicted octanol–water partition coefficient (Wildman–Crippen LogP) is 3.42. The maximum absolute atomic E-state index is 13.3. The zero-order chi connectivity index (χ0) is 23.5. The standard InChI is InChI=1S/C26H27N5O3/c1-18-23-21(28-29-25(32)19-7-6-12-27-17-19)10-5-11-22(23)34-24(18)26(33)31-15-13-30(14-16-31)20-8-3-2-4-9-20/h2-4,6-9,12,17H,5,10-11,13-16H2,1H3,(H,29,32)/b28-21+. The van der Waals surface area contributed by atoms with Crippen molar-refractivity contribution >= 4 is 23.2 Å². The van der Waals surface area contributed by atoms with Crippen molar-refractivity contribution < 1.29 is 14.0 Å². The highest BCUT2D eigenvalue weighted by molar-refractivity contribution is 6.07. The molecule has 1 aliphatic carbocycles. The fourth-order valence-electron chi connectivity index (χ4n) is 4.61. The van der Waals surface area contributed by atoms with E-state index in [4.69, 9.17) is 4.42 Å². The number of hydrazone groups is 1. The quantitative estimate of drug-likeness (QED) is 0.607. The first-order chi connectivity index (χ1) is 16.6. The van der Waals surface area contributed by atoms with Gasteiger partial charge in [0.1, 0.15) is 5.76 Å². The average molecular weight is 458 g/mol. The number of nitrogens with zero attached hydrogens (tertiary/aromatic N) is 4. The van der Waals surface area contributed by atoms with E-state index in [0.717, 1.165) is 48.5 Å². The predicted molar refractivity (Wildman–Crippen MR) is 129 cm³/mol. The molecule has 0 atom stereocenters. The number of carbonyl (C=O) groups is 2. The van der Waals surface area contributed by atoms with Gasteiger partial charge in [0.15, 0.2) is 5.76 Å². The first-order valence-corrected chi connectivity index (χ1v) is 11.6. The van der Waals surface area contributed by atoms with E-state index in [2.05, 4.69) is 32.5 Å². The number of benzene rings is 1. The largest absolute Gasteiger partial charge is 0.455 e. The Morgan fingerprint density at radius 1 is 1.03 bits per heavy atom. The van der Waals surface area contributed by atoms with Crippen LogP contribution in [-0.4, -0.2) is 53.6 Å². The second-order valence-corrected chi connectivity index (χ2v) is 8.56. The van der Waals surface area contributed by atoms with Gasteiger partial charge in [0, 0.05) is 61.8 Å². The summed E-state index contributed by atoms with van der Waals surface area (Å²) in [5, 5.41) is 4.39. The van der Waals surface area contributed by atoms with Gasteiger partial charge in [-0.05, 0) is 44.0 Å². The summed E-state index contributed by atoms with van der Waals surface area (Å²) in [5.41, 5.74) is 6.63. The third-order valence-corrected chi connectivity index (χ3v) is 6.42. The molecule has 8 heteroatoms. The lowest BCUT2D eigenvalue weighted by Gasteiger charge is -2.35. The Kier molecular flexibility index (Phi) is 6.12. The maximum Gasteiger partial charge on any atom is 0.289 e. The number of para-hydroxylation sites is 1. The van der Waals surface area contributed by atoms with Crippen LogP contribution in [0.4, 0.5) is 5.69 Å². The second-order valence-electron chi connectivity index (χ2n) is 8.56. The molecule has 1 aliphatic heterocycles. The Morgan fingerprint density at radius 3 is 2.56 bits per heavy atom. The summed E-state index contributed by atoms with van der Waals surface area (Å²) in [6, 6.07) is 13.6. The first-order valence-electron chi connectivity index (χ1n) is 11.6. The highest BCUT2D eigenvalue weighted by atomic mass is 16.4. The summed E-state index contributed by atoms with van der Waals surface area (Å²) in [6.45, 7) is 4.74. The molecule has 2 amide bonds. The van der Waals surface area contributed by atoms with Gasteiger partial charge < -0.3 is 14.2 Å². The van der Waals surface area contributed by atoms with E-state index in [0.29, 0.717) is 30.8 Å². The minimum atomic E-state index is -0.318. The van der Waals surface area contributed by atoms with Crippen LogP contribution in [0.25, 0.3) is 0 Å². The number of pyridine rings is 1. The van der Waals surface area contributed by atoms with E-state index in [9.17, 15) is 9.59 Å². The van der Waals surface area contributed by atoms with E-state index in [-0.39, 0.29) is 11.8 Å². The Labute approximate surface area is 198 Å². The molecule has 0 unspecified atom stereocenters. The fraction of sp³-hybridized carbons (Fsp3) is 0.308. The molecule has 8 nitrogen and oxygen atoms in total. The van der Waals surface area contributed by atoms with Gasteiger partial charge in [0.25, 0.3) is 11.8 Å². The number of furan rings is 1. The van der Waals surface area contributed by atoms with E-state index in [1.165, 1.54) is 11.9 Å². The highest BCUT2D eigenvalue weighted by Crippen LogP contribution is 2.31. The molecule has 3 heterocycles. The van der Waals surface area contributed by atoms with E-state index < -0.39 is 0 Å². The van der Waals surface area contributed by atoms with E-state index >= 15 is 0 Å². The number of nitrogens with one attached hydrogen (secondary N) is 1. The van der Waals surface area contributed by atoms with E-state index in [1.807, 2.05) is 30.0 Å². The molecule has 0 radical (unpaired) electrons. The number of fused-ring (bicyclic) bond motifs is 1. The molecule has 3 aromatic rings. The molecular weight excluding hydrogens is 430 g/mol. The van der Waals surface area contributed by atoms with Crippen molar-refractivity contribution in [1.29, 1.82) is 0 Å². The van der Waals surface area contributed by atoms with Crippen LogP contribution in [0, 0.1) is 6.92 Å². The van der Waals surface area contributed by atoms with Gasteiger partial charge >= 0.3 is 0 Å². The third-order valence-electron chi connectivity index (χ3n) is 6.42. The Bertz CT molecular complexity index is 1210. The summed E-state index contributed by atoms with van der Waals surface area (Å²) >= 11 is 0. The molecule has 1 fully saturated rings. The minimum Gasteiger partial charge on any atom is -0.455 e. The monoisotopic (exact) mass is 457 g/mol. The van der Waals surface area contributed by atoms with Gasteiger partial charge in [-0.25, -0.2) is 5.43 Å². The van der Waals surface area contributed by atoms with Crippen molar-refractivity contribution in [2.24, 2.45) is 5.10 Å². The molecule has 0 bridgehead atoms. The molecule has 1 N–H and O–H groups in total. The lowest BCUT2D eigenvalue weighted by atomic mass is 9.93. The van der Waals surface area contributed by atoms with Crippen LogP contribution in [0.15, 0.2) is 64.4 Å². The second kappa shape index (κ2) is 9.51. The number of rotatable bonds is 4. The smallest absolute Gasteiger partial charge is 0.289 e. The van der Waals surface area contributed by atoms with Crippen molar-refractivity contribution in [1.82, 2.24) is 15.3 Å². The number of piperazine rings is 1. The van der Waals surface area contributed by atoms with Gasteiger partial charge in [0.05, 0.1) is 11.3 Å². The zero-order valence-corrected chi connectivity index (χ0v) is 19.2. The lowest BCUT2D eigenvalue weighted by molar-refractivity contribution is 0.0711. The van der Waals surface area contributed by atoms with Crippen molar-refractivity contribution in [3.63, 3.8) is 0 Å². The van der Waals surface area contributed by atoms with Gasteiger partial charge in [-0.3, -0.25) is 14.6 Å². The fourth-order valence-corrected chi connectivity index (χ4v) is 4.61. The van der Waals surface area contributed by atoms with Gasteiger partial charge in [-0.15, -0.1) is 0 Å². The summed E-state index contributed by atoms with van der Waals surface area (Å²) in [6.07, 6.45) is 5.43. The van der Waals surface area contributed by atoms with Crippen molar-refractivity contribution in [2.45, 2.75) is 26.2 Å². The van der Waals surface area contributed by atoms with Gasteiger partial charge in [-0.1, -0.05) is 18.2 Å². The number of hydrogen-bond acceptors (Lipinski definition) is 6. The Hall–Kier alpha value is -3.94. The van der Waals surface area contributed by atoms with Crippen molar-refractivity contribution in [2.75, 3.05) is 31.1 Å². The number of aromatic nitrogens is 1. The molecule has 34 heavy (non-hydrogen) atoms. The molecule has 2 aromatic heterocycles. The summed E-state index contributed by atoms with van der Waals surface area (Å²) in [7, 11) is 0. The van der Waals surface area contributed by atoms with Crippen LogP contribution < -0.4 is 10.3 Å². The van der Waals surface area contributed by atoms with Gasteiger partial charge in [-0.2, -0.15) is 5.10 Å². The SMILES string of the molecule is Cc1c(C(=O)N2CCN(c3ccccc3)CC2)oc2c1/C(=N/NC(=O)c1cccnc1)CCC2. The number of amides is 2. The van der Waals surface area contributed by atoms with Crippen LogP contribution in [0.2, 0.25) is 0 Å². The van der Waals surface area contributed by atoms with Gasteiger partial charge in [0.2, 0.25) is 0 Å². The zero-order valence-electron chi connectivity index (χ0n) is 19.2. The third kappa shape index (κ3) is 4.31.